The Hall–Kier alpha value is -0.850. The maximum absolute atomic E-state index is 5.95. The Labute approximate surface area is 151 Å². The summed E-state index contributed by atoms with van der Waals surface area (Å²) >= 11 is 0. The highest BCUT2D eigenvalue weighted by Crippen LogP contribution is 2.52. The molecule has 4 unspecified atom stereocenters. The standard InChI is InChI=1S/C19H34N4O2/c1-4-20-18(21-16-15-6-10-25-17(15)19(16,2)3)23-7-5-14(13-23)22-8-11-24-12-9-22/h14-17H,4-13H2,1-3H3,(H,20,21). The first-order valence-electron chi connectivity index (χ1n) is 10.1. The number of fused-ring (bicyclic) bond motifs is 1. The van der Waals surface area contributed by atoms with E-state index in [2.05, 4.69) is 35.9 Å². The van der Waals surface area contributed by atoms with E-state index in [9.17, 15) is 0 Å². The molecule has 4 fully saturated rings. The van der Waals surface area contributed by atoms with Crippen molar-refractivity contribution < 1.29 is 9.47 Å². The summed E-state index contributed by atoms with van der Waals surface area (Å²) in [4.78, 5) is 9.91. The highest BCUT2D eigenvalue weighted by Gasteiger charge is 2.59. The lowest BCUT2D eigenvalue weighted by atomic mass is 9.57. The quantitative estimate of drug-likeness (QED) is 0.612. The van der Waals surface area contributed by atoms with E-state index in [0.29, 0.717) is 24.1 Å². The van der Waals surface area contributed by atoms with E-state index in [0.717, 1.165) is 58.5 Å². The summed E-state index contributed by atoms with van der Waals surface area (Å²) in [6.45, 7) is 14.6. The normalized spacial score (nSPS) is 38.5. The molecule has 3 heterocycles. The molecule has 1 aliphatic carbocycles. The van der Waals surface area contributed by atoms with Crippen LogP contribution < -0.4 is 5.32 Å². The molecule has 4 rings (SSSR count). The van der Waals surface area contributed by atoms with E-state index in [4.69, 9.17) is 14.5 Å². The number of ether oxygens (including phenoxy) is 2. The molecule has 1 saturated carbocycles. The highest BCUT2D eigenvalue weighted by molar-refractivity contribution is 5.81. The smallest absolute Gasteiger partial charge is 0.194 e. The van der Waals surface area contributed by atoms with Gasteiger partial charge in [0.25, 0.3) is 0 Å². The molecule has 0 spiro atoms. The number of aliphatic imine (C=N–C) groups is 1. The van der Waals surface area contributed by atoms with Crippen LogP contribution in [0.4, 0.5) is 0 Å². The minimum absolute atomic E-state index is 0.193. The molecule has 3 saturated heterocycles. The van der Waals surface area contributed by atoms with Crippen molar-refractivity contribution in [1.29, 1.82) is 0 Å². The molecule has 0 aromatic rings. The van der Waals surface area contributed by atoms with E-state index in [1.165, 1.54) is 12.8 Å². The molecule has 0 bridgehead atoms. The van der Waals surface area contributed by atoms with Crippen LogP contribution in [-0.2, 0) is 9.47 Å². The van der Waals surface area contributed by atoms with E-state index < -0.39 is 0 Å². The van der Waals surface area contributed by atoms with Crippen molar-refractivity contribution >= 4 is 5.96 Å². The molecule has 0 radical (unpaired) electrons. The number of rotatable bonds is 3. The predicted octanol–water partition coefficient (Wildman–Crippen LogP) is 1.17. The van der Waals surface area contributed by atoms with Crippen molar-refractivity contribution in [2.24, 2.45) is 16.3 Å². The number of likely N-dealkylation sites (tertiary alicyclic amines) is 1. The molecule has 25 heavy (non-hydrogen) atoms. The van der Waals surface area contributed by atoms with Crippen molar-refractivity contribution in [1.82, 2.24) is 15.1 Å². The summed E-state index contributed by atoms with van der Waals surface area (Å²) in [6, 6.07) is 1.12. The topological polar surface area (TPSA) is 49.3 Å². The van der Waals surface area contributed by atoms with Gasteiger partial charge in [-0.3, -0.25) is 9.89 Å². The van der Waals surface area contributed by atoms with Gasteiger partial charge in [-0.15, -0.1) is 0 Å². The van der Waals surface area contributed by atoms with Gasteiger partial charge in [-0.1, -0.05) is 13.8 Å². The fourth-order valence-electron chi connectivity index (χ4n) is 5.32. The molecule has 6 nitrogen and oxygen atoms in total. The third kappa shape index (κ3) is 3.17. The SMILES string of the molecule is CCN=C(NC1C2CCOC2C1(C)C)N1CCC(N2CCOCC2)C1. The Bertz CT molecular complexity index is 504. The van der Waals surface area contributed by atoms with Gasteiger partial charge in [0.15, 0.2) is 5.96 Å². The summed E-state index contributed by atoms with van der Waals surface area (Å²) < 4.78 is 11.5. The van der Waals surface area contributed by atoms with Gasteiger partial charge in [-0.2, -0.15) is 0 Å². The van der Waals surface area contributed by atoms with Crippen LogP contribution in [0.1, 0.15) is 33.6 Å². The Morgan fingerprint density at radius 1 is 1.16 bits per heavy atom. The average Bonchev–Trinajstić information content (AvgIpc) is 3.28. The van der Waals surface area contributed by atoms with Crippen LogP contribution in [0.15, 0.2) is 4.99 Å². The minimum Gasteiger partial charge on any atom is -0.379 e. The second kappa shape index (κ2) is 7.05. The van der Waals surface area contributed by atoms with Crippen LogP contribution in [0.25, 0.3) is 0 Å². The van der Waals surface area contributed by atoms with E-state index >= 15 is 0 Å². The van der Waals surface area contributed by atoms with Crippen molar-refractivity contribution in [2.75, 3.05) is 52.5 Å². The number of nitrogens with one attached hydrogen (secondary N) is 1. The van der Waals surface area contributed by atoms with Crippen LogP contribution in [0, 0.1) is 11.3 Å². The molecule has 3 aliphatic heterocycles. The van der Waals surface area contributed by atoms with Gasteiger partial charge in [0.1, 0.15) is 0 Å². The van der Waals surface area contributed by atoms with Crippen LogP contribution in [0.2, 0.25) is 0 Å². The Morgan fingerprint density at radius 2 is 1.96 bits per heavy atom. The lowest BCUT2D eigenvalue weighted by Crippen LogP contribution is -2.68. The third-order valence-corrected chi connectivity index (χ3v) is 6.72. The van der Waals surface area contributed by atoms with Gasteiger partial charge >= 0.3 is 0 Å². The second-order valence-corrected chi connectivity index (χ2v) is 8.52. The number of nitrogens with zero attached hydrogens (tertiary/aromatic N) is 3. The monoisotopic (exact) mass is 350 g/mol. The van der Waals surface area contributed by atoms with Crippen LogP contribution in [0.3, 0.4) is 0 Å². The van der Waals surface area contributed by atoms with Crippen molar-refractivity contribution in [3.63, 3.8) is 0 Å². The van der Waals surface area contributed by atoms with Crippen molar-refractivity contribution in [3.8, 4) is 0 Å². The lowest BCUT2D eigenvalue weighted by molar-refractivity contribution is -0.107. The van der Waals surface area contributed by atoms with Gasteiger partial charge < -0.3 is 19.7 Å². The fourth-order valence-corrected chi connectivity index (χ4v) is 5.32. The lowest BCUT2D eigenvalue weighted by Gasteiger charge is -2.55. The molecule has 4 atom stereocenters. The van der Waals surface area contributed by atoms with Gasteiger partial charge in [-0.25, -0.2) is 0 Å². The molecule has 6 heteroatoms. The molecule has 0 amide bonds. The van der Waals surface area contributed by atoms with Crippen molar-refractivity contribution in [3.05, 3.63) is 0 Å². The summed E-state index contributed by atoms with van der Waals surface area (Å²) in [6.07, 6.45) is 2.84. The third-order valence-electron chi connectivity index (χ3n) is 6.72. The van der Waals surface area contributed by atoms with E-state index in [-0.39, 0.29) is 5.41 Å². The largest absolute Gasteiger partial charge is 0.379 e. The van der Waals surface area contributed by atoms with Gasteiger partial charge in [-0.05, 0) is 19.8 Å². The van der Waals surface area contributed by atoms with Crippen LogP contribution in [0.5, 0.6) is 0 Å². The summed E-state index contributed by atoms with van der Waals surface area (Å²) in [7, 11) is 0. The van der Waals surface area contributed by atoms with Gasteiger partial charge in [0, 0.05) is 62.7 Å². The molecular weight excluding hydrogens is 316 g/mol. The molecule has 0 aromatic heterocycles. The average molecular weight is 351 g/mol. The highest BCUT2D eigenvalue weighted by atomic mass is 16.5. The van der Waals surface area contributed by atoms with Crippen LogP contribution >= 0.6 is 0 Å². The Balaban J connectivity index is 1.39. The van der Waals surface area contributed by atoms with E-state index in [1.54, 1.807) is 0 Å². The fraction of sp³-hybridized carbons (Fsp3) is 0.947. The van der Waals surface area contributed by atoms with Crippen LogP contribution in [-0.4, -0.2) is 86.5 Å². The molecule has 142 valence electrons. The number of hydrogen-bond acceptors (Lipinski definition) is 4. The second-order valence-electron chi connectivity index (χ2n) is 8.52. The van der Waals surface area contributed by atoms with Gasteiger partial charge in [0.05, 0.1) is 19.3 Å². The number of morpholine rings is 1. The summed E-state index contributed by atoms with van der Waals surface area (Å²) in [5.41, 5.74) is 0.193. The molecule has 4 aliphatic rings. The van der Waals surface area contributed by atoms with Crippen molar-refractivity contribution in [2.45, 2.75) is 51.8 Å². The molecule has 1 N–H and O–H groups in total. The van der Waals surface area contributed by atoms with Gasteiger partial charge in [0.2, 0.25) is 0 Å². The predicted molar refractivity (Wildman–Crippen MR) is 98.9 cm³/mol. The maximum atomic E-state index is 5.95. The zero-order chi connectivity index (χ0) is 17.4. The Kier molecular flexibility index (Phi) is 4.95. The minimum atomic E-state index is 0.193. The molecular formula is C19H34N4O2. The number of guanidine groups is 1. The zero-order valence-corrected chi connectivity index (χ0v) is 16.0. The maximum Gasteiger partial charge on any atom is 0.194 e. The zero-order valence-electron chi connectivity index (χ0n) is 16.0. The molecule has 0 aromatic carbocycles. The first-order chi connectivity index (χ1) is 12.1. The van der Waals surface area contributed by atoms with E-state index in [1.807, 2.05) is 0 Å². The first kappa shape index (κ1) is 17.6. The summed E-state index contributed by atoms with van der Waals surface area (Å²) in [5, 5.41) is 3.83. The Morgan fingerprint density at radius 3 is 2.72 bits per heavy atom. The number of hydrogen-bond donors (Lipinski definition) is 1. The first-order valence-corrected chi connectivity index (χ1v) is 10.1. The summed E-state index contributed by atoms with van der Waals surface area (Å²) in [5.74, 6) is 1.76.